The molecule has 154 valence electrons. The number of aromatic nitrogens is 1. The molecule has 8 nitrogen and oxygen atoms in total. The summed E-state index contributed by atoms with van der Waals surface area (Å²) in [6, 6.07) is 9.12. The highest BCUT2D eigenvalue weighted by molar-refractivity contribution is 5.92. The van der Waals surface area contributed by atoms with Crippen LogP contribution < -0.4 is 19.7 Å². The van der Waals surface area contributed by atoms with E-state index in [1.165, 1.54) is 0 Å². The van der Waals surface area contributed by atoms with E-state index in [-0.39, 0.29) is 11.8 Å². The number of nitrogens with one attached hydrogen (secondary N) is 1. The number of pyridine rings is 1. The van der Waals surface area contributed by atoms with Crippen molar-refractivity contribution in [3.05, 3.63) is 47.8 Å². The molecule has 1 fully saturated rings. The maximum absolute atomic E-state index is 12.4. The maximum Gasteiger partial charge on any atom is 0.270 e. The minimum Gasteiger partial charge on any atom is -0.493 e. The standard InChI is InChI=1S/C21H26N4O4/c1-15(26)24-8-10-25(11-9-24)17-5-6-18(22-14-17)21(27)23-13-16-4-7-19(28-2)20(12-16)29-3/h4-7,12,14H,8-11,13H2,1-3H3,(H,23,27). The van der Waals surface area contributed by atoms with Crippen molar-refractivity contribution in [1.82, 2.24) is 15.2 Å². The molecule has 1 aromatic carbocycles. The van der Waals surface area contributed by atoms with Crippen LogP contribution in [0, 0.1) is 0 Å². The number of ether oxygens (including phenoxy) is 2. The Bertz CT molecular complexity index is 861. The first kappa shape index (κ1) is 20.4. The molecule has 0 bridgehead atoms. The molecule has 2 heterocycles. The Morgan fingerprint density at radius 3 is 2.34 bits per heavy atom. The fourth-order valence-electron chi connectivity index (χ4n) is 3.25. The molecule has 1 aliphatic rings. The molecule has 2 amide bonds. The third-order valence-corrected chi connectivity index (χ3v) is 4.97. The number of benzene rings is 1. The van der Waals surface area contributed by atoms with Gasteiger partial charge in [-0.3, -0.25) is 9.59 Å². The van der Waals surface area contributed by atoms with Gasteiger partial charge in [-0.15, -0.1) is 0 Å². The molecule has 0 spiro atoms. The number of anilines is 1. The molecule has 1 aliphatic heterocycles. The summed E-state index contributed by atoms with van der Waals surface area (Å²) in [6.07, 6.45) is 1.70. The van der Waals surface area contributed by atoms with Crippen LogP contribution in [0.2, 0.25) is 0 Å². The minimum absolute atomic E-state index is 0.101. The van der Waals surface area contributed by atoms with Gasteiger partial charge in [0.25, 0.3) is 5.91 Å². The molecular weight excluding hydrogens is 372 g/mol. The summed E-state index contributed by atoms with van der Waals surface area (Å²) in [4.78, 5) is 32.1. The SMILES string of the molecule is COc1ccc(CNC(=O)c2ccc(N3CCN(C(C)=O)CC3)cn2)cc1OC. The summed E-state index contributed by atoms with van der Waals surface area (Å²) in [5.41, 5.74) is 2.21. The zero-order valence-corrected chi connectivity index (χ0v) is 17.0. The second-order valence-electron chi connectivity index (χ2n) is 6.77. The second kappa shape index (κ2) is 9.27. The van der Waals surface area contributed by atoms with Crippen LogP contribution in [0.25, 0.3) is 0 Å². The Hall–Kier alpha value is -3.29. The third kappa shape index (κ3) is 4.96. The van der Waals surface area contributed by atoms with Gasteiger partial charge in [-0.2, -0.15) is 0 Å². The van der Waals surface area contributed by atoms with Gasteiger partial charge in [0.15, 0.2) is 11.5 Å². The highest BCUT2D eigenvalue weighted by Gasteiger charge is 2.19. The quantitative estimate of drug-likeness (QED) is 0.797. The van der Waals surface area contributed by atoms with Crippen LogP contribution >= 0.6 is 0 Å². The number of methoxy groups -OCH3 is 2. The van der Waals surface area contributed by atoms with Crippen LogP contribution in [0.4, 0.5) is 5.69 Å². The van der Waals surface area contributed by atoms with Crippen LogP contribution in [-0.4, -0.2) is 62.1 Å². The van der Waals surface area contributed by atoms with Gasteiger partial charge in [0.2, 0.25) is 5.91 Å². The largest absolute Gasteiger partial charge is 0.493 e. The molecule has 0 atom stereocenters. The lowest BCUT2D eigenvalue weighted by atomic mass is 10.2. The van der Waals surface area contributed by atoms with Crippen LogP contribution in [0.5, 0.6) is 11.5 Å². The molecular formula is C21H26N4O4. The molecule has 0 radical (unpaired) electrons. The lowest BCUT2D eigenvalue weighted by Crippen LogP contribution is -2.48. The summed E-state index contributed by atoms with van der Waals surface area (Å²) in [5.74, 6) is 1.12. The van der Waals surface area contributed by atoms with Gasteiger partial charge in [0.05, 0.1) is 26.1 Å². The number of hydrogen-bond acceptors (Lipinski definition) is 6. The van der Waals surface area contributed by atoms with E-state index in [4.69, 9.17) is 9.47 Å². The average molecular weight is 398 g/mol. The Balaban J connectivity index is 1.56. The monoisotopic (exact) mass is 398 g/mol. The first-order valence-corrected chi connectivity index (χ1v) is 9.47. The third-order valence-electron chi connectivity index (χ3n) is 4.97. The van der Waals surface area contributed by atoms with Gasteiger partial charge in [0.1, 0.15) is 5.69 Å². The summed E-state index contributed by atoms with van der Waals surface area (Å²) in [5, 5.41) is 2.87. The van der Waals surface area contributed by atoms with E-state index in [0.29, 0.717) is 36.8 Å². The maximum atomic E-state index is 12.4. The Kier molecular flexibility index (Phi) is 6.54. The number of piperazine rings is 1. The van der Waals surface area contributed by atoms with Crippen LogP contribution in [0.15, 0.2) is 36.5 Å². The van der Waals surface area contributed by atoms with Crippen molar-refractivity contribution < 1.29 is 19.1 Å². The molecule has 8 heteroatoms. The molecule has 0 saturated carbocycles. The van der Waals surface area contributed by atoms with Crippen LogP contribution in [-0.2, 0) is 11.3 Å². The predicted octanol–water partition coefficient (Wildman–Crippen LogP) is 1.70. The lowest BCUT2D eigenvalue weighted by molar-refractivity contribution is -0.129. The van der Waals surface area contributed by atoms with Crippen LogP contribution in [0.1, 0.15) is 23.0 Å². The van der Waals surface area contributed by atoms with Gasteiger partial charge in [0, 0.05) is 39.6 Å². The molecule has 29 heavy (non-hydrogen) atoms. The fourth-order valence-corrected chi connectivity index (χ4v) is 3.25. The van der Waals surface area contributed by atoms with E-state index < -0.39 is 0 Å². The van der Waals surface area contributed by atoms with Gasteiger partial charge >= 0.3 is 0 Å². The fraction of sp³-hybridized carbons (Fsp3) is 0.381. The molecule has 1 N–H and O–H groups in total. The number of carbonyl (C=O) groups is 2. The van der Waals surface area contributed by atoms with Crippen molar-refractivity contribution in [2.24, 2.45) is 0 Å². The zero-order chi connectivity index (χ0) is 20.8. The lowest BCUT2D eigenvalue weighted by Gasteiger charge is -2.35. The smallest absolute Gasteiger partial charge is 0.270 e. The van der Waals surface area contributed by atoms with Crippen molar-refractivity contribution in [3.8, 4) is 11.5 Å². The first-order valence-electron chi connectivity index (χ1n) is 9.47. The number of carbonyl (C=O) groups excluding carboxylic acids is 2. The van der Waals surface area contributed by atoms with Crippen molar-refractivity contribution in [2.45, 2.75) is 13.5 Å². The van der Waals surface area contributed by atoms with Crippen molar-refractivity contribution in [1.29, 1.82) is 0 Å². The van der Waals surface area contributed by atoms with E-state index in [1.54, 1.807) is 39.5 Å². The van der Waals surface area contributed by atoms with Gasteiger partial charge in [-0.05, 0) is 29.8 Å². The van der Waals surface area contributed by atoms with E-state index in [0.717, 1.165) is 24.3 Å². The van der Waals surface area contributed by atoms with Crippen molar-refractivity contribution >= 4 is 17.5 Å². The van der Waals surface area contributed by atoms with E-state index in [1.807, 2.05) is 23.1 Å². The van der Waals surface area contributed by atoms with E-state index in [9.17, 15) is 9.59 Å². The van der Waals surface area contributed by atoms with E-state index in [2.05, 4.69) is 15.2 Å². The second-order valence-corrected chi connectivity index (χ2v) is 6.77. The number of rotatable bonds is 6. The van der Waals surface area contributed by atoms with Crippen molar-refractivity contribution in [2.75, 3.05) is 45.3 Å². The number of hydrogen-bond donors (Lipinski definition) is 1. The van der Waals surface area contributed by atoms with Gasteiger partial charge in [-0.1, -0.05) is 6.07 Å². The normalized spacial score (nSPS) is 13.8. The zero-order valence-electron chi connectivity index (χ0n) is 17.0. The molecule has 3 rings (SSSR count). The molecule has 0 unspecified atom stereocenters. The molecule has 1 aromatic heterocycles. The molecule has 0 aliphatic carbocycles. The Morgan fingerprint density at radius 2 is 1.76 bits per heavy atom. The minimum atomic E-state index is -0.243. The van der Waals surface area contributed by atoms with Gasteiger partial charge < -0.3 is 24.6 Å². The summed E-state index contributed by atoms with van der Waals surface area (Å²) in [6.45, 7) is 4.85. The van der Waals surface area contributed by atoms with Crippen LogP contribution in [0.3, 0.4) is 0 Å². The average Bonchev–Trinajstić information content (AvgIpc) is 2.77. The molecule has 1 saturated heterocycles. The Morgan fingerprint density at radius 1 is 1.03 bits per heavy atom. The first-order chi connectivity index (χ1) is 14.0. The van der Waals surface area contributed by atoms with Gasteiger partial charge in [-0.25, -0.2) is 4.98 Å². The summed E-state index contributed by atoms with van der Waals surface area (Å²) in [7, 11) is 3.16. The van der Waals surface area contributed by atoms with Crippen molar-refractivity contribution in [3.63, 3.8) is 0 Å². The number of amides is 2. The number of nitrogens with zero attached hydrogens (tertiary/aromatic N) is 3. The Labute approximate surface area is 170 Å². The predicted molar refractivity (Wildman–Crippen MR) is 109 cm³/mol. The summed E-state index contributed by atoms with van der Waals surface area (Å²) >= 11 is 0. The highest BCUT2D eigenvalue weighted by Crippen LogP contribution is 2.27. The topological polar surface area (TPSA) is 84.0 Å². The highest BCUT2D eigenvalue weighted by atomic mass is 16.5. The summed E-state index contributed by atoms with van der Waals surface area (Å²) < 4.78 is 10.5. The van der Waals surface area contributed by atoms with E-state index >= 15 is 0 Å². The molecule has 2 aromatic rings.